The van der Waals surface area contributed by atoms with Crippen LogP contribution in [0.5, 0.6) is 0 Å². The Morgan fingerprint density at radius 2 is 1.91 bits per heavy atom. The van der Waals surface area contributed by atoms with Gasteiger partial charge in [0.05, 0.1) is 23.1 Å². The number of aryl methyl sites for hydroxylation is 1. The molecule has 0 unspecified atom stereocenters. The maximum atomic E-state index is 15.6. The molecule has 3 aromatic heterocycles. The number of hydrogen-bond acceptors (Lipinski definition) is 7. The highest BCUT2D eigenvalue weighted by Crippen LogP contribution is 2.38. The molecule has 2 aliphatic heterocycles. The third-order valence-electron chi connectivity index (χ3n) is 9.32. The lowest BCUT2D eigenvalue weighted by Crippen LogP contribution is -2.48. The molecule has 0 bridgehead atoms. The minimum Gasteiger partial charge on any atom is -0.369 e. The van der Waals surface area contributed by atoms with E-state index in [2.05, 4.69) is 48.7 Å². The predicted molar refractivity (Wildman–Crippen MR) is 169 cm³/mol. The number of rotatable bonds is 8. The van der Waals surface area contributed by atoms with E-state index >= 15 is 4.39 Å². The minimum atomic E-state index is -0.346. The summed E-state index contributed by atoms with van der Waals surface area (Å²) < 4.78 is 17.8. The first-order valence-electron chi connectivity index (χ1n) is 15.6. The quantitative estimate of drug-likeness (QED) is 0.321. The van der Waals surface area contributed by atoms with Gasteiger partial charge in [-0.05, 0) is 81.0 Å². The molecule has 4 aromatic rings. The monoisotopic (exact) mass is 581 g/mol. The van der Waals surface area contributed by atoms with Crippen molar-refractivity contribution < 1.29 is 4.39 Å². The normalized spacial score (nSPS) is 20.8. The first kappa shape index (κ1) is 28.0. The highest BCUT2D eigenvalue weighted by atomic mass is 19.1. The van der Waals surface area contributed by atoms with Gasteiger partial charge in [0.15, 0.2) is 5.43 Å². The number of anilines is 2. The zero-order valence-electron chi connectivity index (χ0n) is 24.8. The number of benzene rings is 1. The lowest BCUT2D eigenvalue weighted by atomic mass is 10.0. The van der Waals surface area contributed by atoms with Gasteiger partial charge >= 0.3 is 0 Å². The SMILES string of the molecule is Cc1cc(CN(Cc2cn(C3CC3)c3cc(N4CC[C@H](N)C4)c(F)cc3c2=O)[C@H]2CCCN(c3cccnc3)C2)ccn1. The number of hydrogen-bond donors (Lipinski definition) is 1. The molecule has 0 spiro atoms. The van der Waals surface area contributed by atoms with E-state index in [4.69, 9.17) is 5.73 Å². The van der Waals surface area contributed by atoms with Gasteiger partial charge in [-0.15, -0.1) is 0 Å². The van der Waals surface area contributed by atoms with Gasteiger partial charge in [0.1, 0.15) is 5.82 Å². The number of aromatic nitrogens is 3. The fourth-order valence-electron chi connectivity index (χ4n) is 6.93. The molecular weight excluding hydrogens is 541 g/mol. The Hall–Kier alpha value is -3.82. The zero-order chi connectivity index (χ0) is 29.5. The Morgan fingerprint density at radius 1 is 1.02 bits per heavy atom. The van der Waals surface area contributed by atoms with Crippen LogP contribution in [0.1, 0.15) is 55.0 Å². The van der Waals surface area contributed by atoms with E-state index in [1.165, 1.54) is 11.6 Å². The highest BCUT2D eigenvalue weighted by molar-refractivity contribution is 5.84. The van der Waals surface area contributed by atoms with E-state index in [-0.39, 0.29) is 23.3 Å². The van der Waals surface area contributed by atoms with Crippen molar-refractivity contribution in [2.75, 3.05) is 36.0 Å². The number of fused-ring (bicyclic) bond motifs is 1. The van der Waals surface area contributed by atoms with Gasteiger partial charge in [0.25, 0.3) is 0 Å². The number of halogens is 1. The van der Waals surface area contributed by atoms with Gasteiger partial charge in [-0.25, -0.2) is 4.39 Å². The van der Waals surface area contributed by atoms with Crippen LogP contribution in [0.3, 0.4) is 0 Å². The third-order valence-corrected chi connectivity index (χ3v) is 9.32. The molecule has 1 saturated carbocycles. The van der Waals surface area contributed by atoms with Crippen LogP contribution in [0.4, 0.5) is 15.8 Å². The van der Waals surface area contributed by atoms with Crippen LogP contribution in [0.15, 0.2) is 66.0 Å². The standard InChI is InChI=1S/C34H40FN7O/c1-23-14-24(8-11-38-23)18-41(29-5-3-12-39(22-29)28-4-2-10-37-17-28)19-25-20-42(27-6-7-27)32-16-33(40-13-9-26(36)21-40)31(35)15-30(32)34(25)43/h2,4,8,10-11,14-17,20,26-27,29H,3,5-7,9,12-13,18-19,21-22,36H2,1H3/t26-,29-/m0/s1. The summed E-state index contributed by atoms with van der Waals surface area (Å²) in [4.78, 5) is 29.7. The summed E-state index contributed by atoms with van der Waals surface area (Å²) in [5, 5.41) is 0.467. The van der Waals surface area contributed by atoms with Crippen molar-refractivity contribution in [1.29, 1.82) is 0 Å². The summed E-state index contributed by atoms with van der Waals surface area (Å²) in [5.41, 5.74) is 11.4. The molecule has 7 rings (SSSR count). The molecule has 224 valence electrons. The summed E-state index contributed by atoms with van der Waals surface area (Å²) in [5.74, 6) is -0.346. The maximum absolute atomic E-state index is 15.6. The van der Waals surface area contributed by atoms with E-state index in [1.807, 2.05) is 36.4 Å². The van der Waals surface area contributed by atoms with Crippen LogP contribution in [0.2, 0.25) is 0 Å². The van der Waals surface area contributed by atoms with Gasteiger partial charge < -0.3 is 20.1 Å². The van der Waals surface area contributed by atoms with Gasteiger partial charge in [-0.1, -0.05) is 0 Å². The van der Waals surface area contributed by atoms with Gasteiger partial charge in [-0.2, -0.15) is 0 Å². The molecule has 1 aromatic carbocycles. The number of nitrogens with zero attached hydrogens (tertiary/aromatic N) is 6. The van der Waals surface area contributed by atoms with Gasteiger partial charge in [0.2, 0.25) is 0 Å². The number of pyridine rings is 3. The van der Waals surface area contributed by atoms with Crippen molar-refractivity contribution >= 4 is 22.3 Å². The lowest BCUT2D eigenvalue weighted by Gasteiger charge is -2.40. The second-order valence-corrected chi connectivity index (χ2v) is 12.6. The molecule has 1 aliphatic carbocycles. The smallest absolute Gasteiger partial charge is 0.193 e. The average Bonchev–Trinajstić information content (AvgIpc) is 3.78. The highest BCUT2D eigenvalue weighted by Gasteiger charge is 2.30. The Morgan fingerprint density at radius 3 is 2.65 bits per heavy atom. The topological polar surface area (TPSA) is 83.5 Å². The van der Waals surface area contributed by atoms with E-state index < -0.39 is 0 Å². The molecule has 2 atom stereocenters. The van der Waals surface area contributed by atoms with E-state index in [9.17, 15) is 4.79 Å². The fourth-order valence-corrected chi connectivity index (χ4v) is 6.93. The van der Waals surface area contributed by atoms with Gasteiger partial charge in [0, 0.05) is 92.6 Å². The lowest BCUT2D eigenvalue weighted by molar-refractivity contribution is 0.158. The van der Waals surface area contributed by atoms with Crippen LogP contribution in [0.25, 0.3) is 10.9 Å². The first-order valence-corrected chi connectivity index (χ1v) is 15.6. The first-order chi connectivity index (χ1) is 20.9. The molecule has 0 amide bonds. The molecule has 2 saturated heterocycles. The molecular formula is C34H40FN7O. The predicted octanol–water partition coefficient (Wildman–Crippen LogP) is 4.78. The van der Waals surface area contributed by atoms with E-state index in [0.29, 0.717) is 36.7 Å². The summed E-state index contributed by atoms with van der Waals surface area (Å²) in [6.07, 6.45) is 12.7. The van der Waals surface area contributed by atoms with Crippen molar-refractivity contribution in [2.45, 2.75) is 70.2 Å². The van der Waals surface area contributed by atoms with Crippen LogP contribution >= 0.6 is 0 Å². The Kier molecular flexibility index (Phi) is 7.61. The number of piperidine rings is 1. The zero-order valence-corrected chi connectivity index (χ0v) is 24.8. The minimum absolute atomic E-state index is 0.0483. The van der Waals surface area contributed by atoms with Crippen LogP contribution in [0, 0.1) is 12.7 Å². The molecule has 5 heterocycles. The molecule has 8 nitrogen and oxygen atoms in total. The second kappa shape index (κ2) is 11.7. The van der Waals surface area contributed by atoms with E-state index in [0.717, 1.165) is 74.2 Å². The molecule has 2 N–H and O–H groups in total. The van der Waals surface area contributed by atoms with Crippen molar-refractivity contribution in [1.82, 2.24) is 19.4 Å². The van der Waals surface area contributed by atoms with E-state index in [1.54, 1.807) is 6.20 Å². The third kappa shape index (κ3) is 5.88. The molecule has 0 radical (unpaired) electrons. The van der Waals surface area contributed by atoms with Crippen molar-refractivity contribution in [3.63, 3.8) is 0 Å². The Balaban J connectivity index is 1.26. The van der Waals surface area contributed by atoms with Crippen molar-refractivity contribution in [3.05, 3.63) is 94.0 Å². The Labute approximate surface area is 251 Å². The van der Waals surface area contributed by atoms with Crippen LogP contribution in [-0.2, 0) is 13.1 Å². The molecule has 3 aliphatic rings. The number of nitrogens with two attached hydrogens (primary N) is 1. The maximum Gasteiger partial charge on any atom is 0.193 e. The van der Waals surface area contributed by atoms with Crippen LogP contribution in [-0.4, -0.2) is 57.7 Å². The van der Waals surface area contributed by atoms with Crippen molar-refractivity contribution in [3.8, 4) is 0 Å². The molecule has 9 heteroatoms. The largest absolute Gasteiger partial charge is 0.369 e. The van der Waals surface area contributed by atoms with Crippen molar-refractivity contribution in [2.24, 2.45) is 5.73 Å². The molecule has 3 fully saturated rings. The second-order valence-electron chi connectivity index (χ2n) is 12.6. The fraction of sp³-hybridized carbons (Fsp3) is 0.441. The molecule has 43 heavy (non-hydrogen) atoms. The van der Waals surface area contributed by atoms with Gasteiger partial charge in [-0.3, -0.25) is 19.7 Å². The Bertz CT molecular complexity index is 1670. The summed E-state index contributed by atoms with van der Waals surface area (Å²) in [7, 11) is 0. The summed E-state index contributed by atoms with van der Waals surface area (Å²) in [6, 6.07) is 12.3. The average molecular weight is 582 g/mol. The summed E-state index contributed by atoms with van der Waals surface area (Å²) in [6.45, 7) is 6.42. The summed E-state index contributed by atoms with van der Waals surface area (Å²) >= 11 is 0. The van der Waals surface area contributed by atoms with Crippen LogP contribution < -0.4 is 21.0 Å².